The van der Waals surface area contributed by atoms with Gasteiger partial charge in [0.05, 0.1) is 6.10 Å². The Morgan fingerprint density at radius 3 is 2.81 bits per heavy atom. The molecule has 2 nitrogen and oxygen atoms in total. The fourth-order valence-electron chi connectivity index (χ4n) is 3.10. The minimum absolute atomic E-state index is 0.125. The van der Waals surface area contributed by atoms with Crippen LogP contribution in [0.25, 0.3) is 0 Å². The van der Waals surface area contributed by atoms with Crippen LogP contribution in [0, 0.1) is 11.8 Å². The van der Waals surface area contributed by atoms with Gasteiger partial charge in [-0.2, -0.15) is 0 Å². The van der Waals surface area contributed by atoms with Crippen LogP contribution >= 0.6 is 0 Å². The lowest BCUT2D eigenvalue weighted by Crippen LogP contribution is -2.27. The van der Waals surface area contributed by atoms with Gasteiger partial charge in [0.25, 0.3) is 0 Å². The Balaban J connectivity index is 1.74. The quantitative estimate of drug-likeness (QED) is 0.665. The van der Waals surface area contributed by atoms with Gasteiger partial charge < -0.3 is 9.47 Å². The first-order valence-corrected chi connectivity index (χ1v) is 7.10. The molecule has 0 N–H and O–H groups in total. The molecule has 2 heterocycles. The molecule has 0 aromatic carbocycles. The summed E-state index contributed by atoms with van der Waals surface area (Å²) in [4.78, 5) is 0. The molecule has 2 saturated heterocycles. The maximum absolute atomic E-state index is 6.04. The minimum atomic E-state index is 0.125. The molecule has 0 radical (unpaired) electrons. The lowest BCUT2D eigenvalue weighted by atomic mass is 9.85. The zero-order valence-corrected chi connectivity index (χ0v) is 10.8. The van der Waals surface area contributed by atoms with Crippen molar-refractivity contribution in [2.75, 3.05) is 6.61 Å². The van der Waals surface area contributed by atoms with E-state index in [0.717, 1.165) is 6.61 Å². The van der Waals surface area contributed by atoms with Gasteiger partial charge in [0.15, 0.2) is 6.29 Å². The highest BCUT2D eigenvalue weighted by Gasteiger charge is 2.43. The van der Waals surface area contributed by atoms with E-state index in [9.17, 15) is 0 Å². The Morgan fingerprint density at radius 2 is 2.06 bits per heavy atom. The van der Waals surface area contributed by atoms with Crippen molar-refractivity contribution in [1.82, 2.24) is 0 Å². The molecule has 2 fully saturated rings. The maximum Gasteiger partial charge on any atom is 0.161 e. The molecule has 16 heavy (non-hydrogen) atoms. The molecule has 2 heteroatoms. The van der Waals surface area contributed by atoms with E-state index in [4.69, 9.17) is 9.47 Å². The normalized spacial score (nSPS) is 38.6. The van der Waals surface area contributed by atoms with Crippen LogP contribution in [0.2, 0.25) is 0 Å². The predicted molar refractivity (Wildman–Crippen MR) is 65.3 cm³/mol. The summed E-state index contributed by atoms with van der Waals surface area (Å²) >= 11 is 0. The molecule has 0 spiro atoms. The van der Waals surface area contributed by atoms with E-state index in [2.05, 4.69) is 13.8 Å². The maximum atomic E-state index is 6.04. The molecule has 0 aliphatic carbocycles. The lowest BCUT2D eigenvalue weighted by Gasteiger charge is -2.25. The highest BCUT2D eigenvalue weighted by molar-refractivity contribution is 4.85. The van der Waals surface area contributed by atoms with Crippen LogP contribution < -0.4 is 0 Å². The summed E-state index contributed by atoms with van der Waals surface area (Å²) in [6.07, 6.45) is 9.71. The molecule has 0 saturated carbocycles. The number of ether oxygens (including phenoxy) is 2. The first-order chi connectivity index (χ1) is 7.83. The molecular formula is C14H26O2. The Kier molecular flexibility index (Phi) is 4.66. The number of rotatable bonds is 5. The molecule has 0 aromatic heterocycles. The molecular weight excluding hydrogens is 200 g/mol. The van der Waals surface area contributed by atoms with Crippen molar-refractivity contribution in [3.8, 4) is 0 Å². The summed E-state index contributed by atoms with van der Waals surface area (Å²) in [6.45, 7) is 5.51. The smallest absolute Gasteiger partial charge is 0.161 e. The van der Waals surface area contributed by atoms with E-state index in [0.29, 0.717) is 17.9 Å². The van der Waals surface area contributed by atoms with Crippen LogP contribution in [0.1, 0.15) is 58.8 Å². The molecule has 2 rings (SSSR count). The third-order valence-electron chi connectivity index (χ3n) is 4.23. The second kappa shape index (κ2) is 6.02. The SMILES string of the molecule is CCCCCCC1O[C@@H]2OCCC[C@@H]2[C@H]1C. The van der Waals surface area contributed by atoms with Gasteiger partial charge in [-0.25, -0.2) is 0 Å². The highest BCUT2D eigenvalue weighted by Crippen LogP contribution is 2.40. The minimum Gasteiger partial charge on any atom is -0.352 e. The van der Waals surface area contributed by atoms with Gasteiger partial charge in [-0.1, -0.05) is 39.5 Å². The van der Waals surface area contributed by atoms with Crippen molar-refractivity contribution in [3.63, 3.8) is 0 Å². The Labute approximate surface area is 99.7 Å². The molecule has 0 amide bonds. The zero-order valence-electron chi connectivity index (χ0n) is 10.8. The standard InChI is InChI=1S/C14H26O2/c1-3-4-5-6-9-13-11(2)12-8-7-10-15-14(12)16-13/h11-14H,3-10H2,1-2H3/t11-,12-,13?,14+/m1/s1. The van der Waals surface area contributed by atoms with Crippen LogP contribution in [-0.2, 0) is 9.47 Å². The van der Waals surface area contributed by atoms with Crippen molar-refractivity contribution in [1.29, 1.82) is 0 Å². The lowest BCUT2D eigenvalue weighted by molar-refractivity contribution is -0.167. The molecule has 2 aliphatic heterocycles. The Hall–Kier alpha value is -0.0800. The fourth-order valence-corrected chi connectivity index (χ4v) is 3.10. The van der Waals surface area contributed by atoms with Gasteiger partial charge in [-0.3, -0.25) is 0 Å². The first kappa shape index (κ1) is 12.4. The van der Waals surface area contributed by atoms with Crippen LogP contribution in [-0.4, -0.2) is 19.0 Å². The van der Waals surface area contributed by atoms with Gasteiger partial charge in [0, 0.05) is 12.5 Å². The second-order valence-corrected chi connectivity index (χ2v) is 5.43. The summed E-state index contributed by atoms with van der Waals surface area (Å²) in [5, 5.41) is 0. The zero-order chi connectivity index (χ0) is 11.4. The Morgan fingerprint density at radius 1 is 1.19 bits per heavy atom. The number of hydrogen-bond donors (Lipinski definition) is 0. The molecule has 94 valence electrons. The van der Waals surface area contributed by atoms with E-state index < -0.39 is 0 Å². The predicted octanol–water partition coefficient (Wildman–Crippen LogP) is 3.74. The van der Waals surface area contributed by atoms with Gasteiger partial charge in [-0.05, 0) is 25.2 Å². The highest BCUT2D eigenvalue weighted by atomic mass is 16.7. The Bertz CT molecular complexity index is 205. The van der Waals surface area contributed by atoms with Gasteiger partial charge >= 0.3 is 0 Å². The summed E-state index contributed by atoms with van der Waals surface area (Å²) < 4.78 is 11.7. The fraction of sp³-hybridized carbons (Fsp3) is 1.00. The molecule has 0 bridgehead atoms. The van der Waals surface area contributed by atoms with E-state index in [1.54, 1.807) is 0 Å². The van der Waals surface area contributed by atoms with Gasteiger partial charge in [-0.15, -0.1) is 0 Å². The number of unbranched alkanes of at least 4 members (excludes halogenated alkanes) is 3. The number of hydrogen-bond acceptors (Lipinski definition) is 2. The van der Waals surface area contributed by atoms with E-state index >= 15 is 0 Å². The average molecular weight is 226 g/mol. The van der Waals surface area contributed by atoms with Crippen molar-refractivity contribution in [2.45, 2.75) is 71.2 Å². The van der Waals surface area contributed by atoms with Gasteiger partial charge in [0.1, 0.15) is 0 Å². The van der Waals surface area contributed by atoms with Crippen molar-refractivity contribution in [2.24, 2.45) is 11.8 Å². The topological polar surface area (TPSA) is 18.5 Å². The summed E-state index contributed by atoms with van der Waals surface area (Å²) in [7, 11) is 0. The van der Waals surface area contributed by atoms with Crippen LogP contribution in [0.3, 0.4) is 0 Å². The first-order valence-electron chi connectivity index (χ1n) is 7.10. The number of fused-ring (bicyclic) bond motifs is 1. The monoisotopic (exact) mass is 226 g/mol. The van der Waals surface area contributed by atoms with Crippen LogP contribution in [0.15, 0.2) is 0 Å². The largest absolute Gasteiger partial charge is 0.352 e. The van der Waals surface area contributed by atoms with Crippen molar-refractivity contribution in [3.05, 3.63) is 0 Å². The van der Waals surface area contributed by atoms with Crippen LogP contribution in [0.4, 0.5) is 0 Å². The average Bonchev–Trinajstić information content (AvgIpc) is 2.63. The molecule has 0 aromatic rings. The van der Waals surface area contributed by atoms with E-state index in [-0.39, 0.29) is 6.29 Å². The van der Waals surface area contributed by atoms with Crippen molar-refractivity contribution < 1.29 is 9.47 Å². The molecule has 2 aliphatic rings. The molecule has 4 atom stereocenters. The summed E-state index contributed by atoms with van der Waals surface area (Å²) in [5.74, 6) is 1.37. The third kappa shape index (κ3) is 2.78. The van der Waals surface area contributed by atoms with E-state index in [1.165, 1.54) is 44.9 Å². The molecule has 1 unspecified atom stereocenters. The third-order valence-corrected chi connectivity index (χ3v) is 4.23. The van der Waals surface area contributed by atoms with E-state index in [1.807, 2.05) is 0 Å². The van der Waals surface area contributed by atoms with Gasteiger partial charge in [0.2, 0.25) is 0 Å². The van der Waals surface area contributed by atoms with Crippen LogP contribution in [0.5, 0.6) is 0 Å². The second-order valence-electron chi connectivity index (χ2n) is 5.43. The van der Waals surface area contributed by atoms with Crippen molar-refractivity contribution >= 4 is 0 Å². The summed E-state index contributed by atoms with van der Waals surface area (Å²) in [5.41, 5.74) is 0. The summed E-state index contributed by atoms with van der Waals surface area (Å²) in [6, 6.07) is 0.